The van der Waals surface area contributed by atoms with Crippen LogP contribution in [0.15, 0.2) is 55.0 Å². The maximum Gasteiger partial charge on any atom is 0.328 e. The van der Waals surface area contributed by atoms with Crippen LogP contribution >= 0.6 is 11.8 Å². The van der Waals surface area contributed by atoms with Crippen molar-refractivity contribution >= 4 is 23.6 Å². The molecule has 0 saturated carbocycles. The van der Waals surface area contributed by atoms with Crippen molar-refractivity contribution in [2.75, 3.05) is 18.6 Å². The van der Waals surface area contributed by atoms with E-state index < -0.39 is 12.0 Å². The number of H-pyrrole nitrogens is 1. The first-order valence-electron chi connectivity index (χ1n) is 11.4. The van der Waals surface area contributed by atoms with E-state index in [9.17, 15) is 9.59 Å². The predicted molar refractivity (Wildman–Crippen MR) is 137 cm³/mol. The third-order valence-corrected chi connectivity index (χ3v) is 6.09. The van der Waals surface area contributed by atoms with Gasteiger partial charge in [-0.2, -0.15) is 11.8 Å². The molecule has 1 atom stereocenters. The van der Waals surface area contributed by atoms with E-state index in [-0.39, 0.29) is 12.5 Å². The fraction of sp³-hybridized carbons (Fsp3) is 0.346. The summed E-state index contributed by atoms with van der Waals surface area (Å²) in [5.74, 6) is 0.0614. The van der Waals surface area contributed by atoms with Gasteiger partial charge in [-0.1, -0.05) is 30.3 Å². The SMILES string of the molecule is CCOC(=O)[C@H](CCSC)NC(=O)c1ccc(CNCc2cnc[nH]2)cc1-c1ccccc1C. The minimum absolute atomic E-state index is 0.277. The molecule has 3 rings (SSSR count). The highest BCUT2D eigenvalue weighted by Gasteiger charge is 2.24. The van der Waals surface area contributed by atoms with Crippen LogP contribution in [0.2, 0.25) is 0 Å². The van der Waals surface area contributed by atoms with Gasteiger partial charge in [0, 0.05) is 30.5 Å². The molecule has 0 aliphatic heterocycles. The molecule has 0 fully saturated rings. The van der Waals surface area contributed by atoms with Gasteiger partial charge in [-0.25, -0.2) is 9.78 Å². The summed E-state index contributed by atoms with van der Waals surface area (Å²) in [4.78, 5) is 32.9. The Bertz CT molecular complexity index is 1090. The number of hydrogen-bond acceptors (Lipinski definition) is 6. The molecular weight excluding hydrogens is 448 g/mol. The topological polar surface area (TPSA) is 96.1 Å². The van der Waals surface area contributed by atoms with Crippen LogP contribution in [0.3, 0.4) is 0 Å². The minimum atomic E-state index is -0.680. The van der Waals surface area contributed by atoms with Crippen LogP contribution in [0, 0.1) is 6.92 Å². The van der Waals surface area contributed by atoms with Gasteiger partial charge >= 0.3 is 5.97 Å². The lowest BCUT2D eigenvalue weighted by Gasteiger charge is -2.19. The number of aromatic nitrogens is 2. The molecule has 2 aromatic carbocycles. The number of nitrogens with zero attached hydrogens (tertiary/aromatic N) is 1. The Morgan fingerprint density at radius 1 is 1.15 bits per heavy atom. The molecule has 0 unspecified atom stereocenters. The number of thioether (sulfide) groups is 1. The molecule has 1 aromatic heterocycles. The lowest BCUT2D eigenvalue weighted by Crippen LogP contribution is -2.42. The molecule has 180 valence electrons. The number of ether oxygens (including phenoxy) is 1. The van der Waals surface area contributed by atoms with Crippen molar-refractivity contribution < 1.29 is 14.3 Å². The van der Waals surface area contributed by atoms with Crippen LogP contribution in [0.4, 0.5) is 0 Å². The molecule has 0 spiro atoms. The number of carbonyl (C=O) groups is 2. The zero-order valence-electron chi connectivity index (χ0n) is 19.9. The summed E-state index contributed by atoms with van der Waals surface area (Å²) in [6.45, 7) is 5.37. The van der Waals surface area contributed by atoms with Crippen LogP contribution in [-0.4, -0.2) is 46.5 Å². The van der Waals surface area contributed by atoms with E-state index in [0.29, 0.717) is 25.1 Å². The van der Waals surface area contributed by atoms with Crippen LogP contribution < -0.4 is 10.6 Å². The first-order valence-corrected chi connectivity index (χ1v) is 12.8. The second-order valence-electron chi connectivity index (χ2n) is 7.93. The normalized spacial score (nSPS) is 11.7. The van der Waals surface area contributed by atoms with Crippen LogP contribution in [-0.2, 0) is 22.6 Å². The Balaban J connectivity index is 1.86. The van der Waals surface area contributed by atoms with E-state index in [1.54, 1.807) is 31.2 Å². The van der Waals surface area contributed by atoms with Gasteiger partial charge in [-0.05, 0) is 66.7 Å². The fourth-order valence-corrected chi connectivity index (χ4v) is 4.16. The molecule has 7 nitrogen and oxygen atoms in total. The minimum Gasteiger partial charge on any atom is -0.464 e. The largest absolute Gasteiger partial charge is 0.464 e. The maximum atomic E-state index is 13.4. The summed E-state index contributed by atoms with van der Waals surface area (Å²) in [6, 6.07) is 13.1. The Morgan fingerprint density at radius 3 is 2.68 bits per heavy atom. The number of esters is 1. The van der Waals surface area contributed by atoms with E-state index in [1.165, 1.54) is 0 Å². The average Bonchev–Trinajstić information content (AvgIpc) is 3.35. The number of aromatic amines is 1. The van der Waals surface area contributed by atoms with Crippen LogP contribution in [0.1, 0.15) is 40.5 Å². The monoisotopic (exact) mass is 480 g/mol. The smallest absolute Gasteiger partial charge is 0.328 e. The van der Waals surface area contributed by atoms with Gasteiger partial charge in [0.15, 0.2) is 0 Å². The molecule has 1 heterocycles. The number of benzene rings is 2. The van der Waals surface area contributed by atoms with Gasteiger partial charge in [-0.3, -0.25) is 4.79 Å². The maximum absolute atomic E-state index is 13.4. The Kier molecular flexibility index (Phi) is 9.73. The highest BCUT2D eigenvalue weighted by Crippen LogP contribution is 2.28. The van der Waals surface area contributed by atoms with Crippen LogP contribution in [0.25, 0.3) is 11.1 Å². The van der Waals surface area contributed by atoms with Crippen molar-refractivity contribution in [3.8, 4) is 11.1 Å². The number of hydrogen-bond donors (Lipinski definition) is 3. The summed E-state index contributed by atoms with van der Waals surface area (Å²) in [5.41, 5.74) is 5.49. The molecule has 0 bridgehead atoms. The van der Waals surface area contributed by atoms with E-state index in [0.717, 1.165) is 33.7 Å². The van der Waals surface area contributed by atoms with Crippen molar-refractivity contribution in [1.29, 1.82) is 0 Å². The highest BCUT2D eigenvalue weighted by molar-refractivity contribution is 7.98. The van der Waals surface area contributed by atoms with Crippen molar-refractivity contribution in [2.24, 2.45) is 0 Å². The molecule has 3 N–H and O–H groups in total. The summed E-state index contributed by atoms with van der Waals surface area (Å²) >= 11 is 1.63. The van der Waals surface area contributed by atoms with Gasteiger partial charge in [0.05, 0.1) is 12.9 Å². The Hall–Kier alpha value is -3.10. The van der Waals surface area contributed by atoms with Crippen LogP contribution in [0.5, 0.6) is 0 Å². The van der Waals surface area contributed by atoms with Gasteiger partial charge in [0.1, 0.15) is 6.04 Å². The number of aryl methyl sites for hydroxylation is 1. The number of rotatable bonds is 12. The van der Waals surface area contributed by atoms with E-state index in [2.05, 4.69) is 20.6 Å². The number of imidazole rings is 1. The van der Waals surface area contributed by atoms with Crippen molar-refractivity contribution in [1.82, 2.24) is 20.6 Å². The first-order chi connectivity index (χ1) is 16.5. The number of carbonyl (C=O) groups excluding carboxylic acids is 2. The average molecular weight is 481 g/mol. The summed E-state index contributed by atoms with van der Waals surface area (Å²) in [6.07, 6.45) is 5.93. The molecule has 8 heteroatoms. The summed E-state index contributed by atoms with van der Waals surface area (Å²) < 4.78 is 5.19. The number of amides is 1. The quantitative estimate of drug-likeness (QED) is 0.338. The van der Waals surface area contributed by atoms with Crippen molar-refractivity contribution in [3.05, 3.63) is 77.4 Å². The lowest BCUT2D eigenvalue weighted by molar-refractivity contribution is -0.145. The third kappa shape index (κ3) is 6.95. The molecule has 1 amide bonds. The van der Waals surface area contributed by atoms with Gasteiger partial charge < -0.3 is 20.4 Å². The fourth-order valence-electron chi connectivity index (χ4n) is 3.68. The molecular formula is C26H32N4O3S. The van der Waals surface area contributed by atoms with Gasteiger partial charge in [0.25, 0.3) is 5.91 Å². The Labute approximate surface area is 205 Å². The van der Waals surface area contributed by atoms with Crippen molar-refractivity contribution in [3.63, 3.8) is 0 Å². The van der Waals surface area contributed by atoms with E-state index >= 15 is 0 Å². The number of nitrogens with one attached hydrogen (secondary N) is 3. The van der Waals surface area contributed by atoms with Gasteiger partial charge in [0.2, 0.25) is 0 Å². The molecule has 0 radical (unpaired) electrons. The summed E-state index contributed by atoms with van der Waals surface area (Å²) in [5, 5.41) is 6.31. The third-order valence-electron chi connectivity index (χ3n) is 5.45. The van der Waals surface area contributed by atoms with E-state index in [4.69, 9.17) is 4.74 Å². The second-order valence-corrected chi connectivity index (χ2v) is 8.92. The molecule has 3 aromatic rings. The second kappa shape index (κ2) is 13.0. The predicted octanol–water partition coefficient (Wildman–Crippen LogP) is 4.09. The van der Waals surface area contributed by atoms with E-state index in [1.807, 2.05) is 55.6 Å². The Morgan fingerprint density at radius 2 is 1.97 bits per heavy atom. The van der Waals surface area contributed by atoms with Crippen molar-refractivity contribution in [2.45, 2.75) is 39.4 Å². The summed E-state index contributed by atoms with van der Waals surface area (Å²) in [7, 11) is 0. The zero-order chi connectivity index (χ0) is 24.3. The molecule has 0 saturated heterocycles. The molecule has 34 heavy (non-hydrogen) atoms. The van der Waals surface area contributed by atoms with Gasteiger partial charge in [-0.15, -0.1) is 0 Å². The first kappa shape index (κ1) is 25.5. The zero-order valence-corrected chi connectivity index (χ0v) is 20.7. The standard InChI is InChI=1S/C26H32N4O3S/c1-4-33-26(32)24(11-12-34-3)30-25(31)22-10-9-19(14-27-15-20-16-28-17-29-20)13-23(22)21-8-6-5-7-18(21)2/h5-10,13,16-17,24,27H,4,11-12,14-15H2,1-3H3,(H,28,29)(H,30,31)/t24-/m0/s1. The highest BCUT2D eigenvalue weighted by atomic mass is 32.2. The molecule has 0 aliphatic carbocycles. The lowest BCUT2D eigenvalue weighted by atomic mass is 9.93. The molecule has 0 aliphatic rings.